The molecule has 0 radical (unpaired) electrons. The maximum absolute atomic E-state index is 11.9. The van der Waals surface area contributed by atoms with E-state index in [2.05, 4.69) is 17.2 Å². The molecule has 1 fully saturated rings. The van der Waals surface area contributed by atoms with E-state index in [1.54, 1.807) is 7.05 Å². The van der Waals surface area contributed by atoms with Gasteiger partial charge in [0.15, 0.2) is 0 Å². The number of rotatable bonds is 4. The Bertz CT molecular complexity index is 570. The Kier molecular flexibility index (Phi) is 4.52. The lowest BCUT2D eigenvalue weighted by Crippen LogP contribution is -2.37. The minimum Gasteiger partial charge on any atom is -0.383 e. The number of nitrogens with zero attached hydrogens (tertiary/aromatic N) is 1. The van der Waals surface area contributed by atoms with Crippen molar-refractivity contribution >= 4 is 11.5 Å². The second-order valence-electron chi connectivity index (χ2n) is 5.64. The van der Waals surface area contributed by atoms with Crippen LogP contribution in [0.15, 0.2) is 9.59 Å². The molecule has 1 heterocycles. The summed E-state index contributed by atoms with van der Waals surface area (Å²) in [5.74, 6) is 0.776. The van der Waals surface area contributed by atoms with Crippen molar-refractivity contribution in [3.63, 3.8) is 0 Å². The number of anilines is 2. The third-order valence-corrected chi connectivity index (χ3v) is 4.36. The van der Waals surface area contributed by atoms with Gasteiger partial charge in [-0.2, -0.15) is 0 Å². The average molecular weight is 280 g/mol. The molecule has 2 rings (SSSR count). The fraction of sp³-hybridized carbons (Fsp3) is 0.714. The van der Waals surface area contributed by atoms with Crippen LogP contribution in [0.25, 0.3) is 0 Å². The van der Waals surface area contributed by atoms with E-state index in [0.29, 0.717) is 11.6 Å². The van der Waals surface area contributed by atoms with Crippen LogP contribution in [0.1, 0.15) is 45.4 Å². The van der Waals surface area contributed by atoms with Gasteiger partial charge in [-0.3, -0.25) is 14.3 Å². The van der Waals surface area contributed by atoms with E-state index in [0.717, 1.165) is 6.42 Å². The van der Waals surface area contributed by atoms with Gasteiger partial charge in [0.1, 0.15) is 11.5 Å². The van der Waals surface area contributed by atoms with Crippen molar-refractivity contribution in [1.29, 1.82) is 0 Å². The molecule has 6 heteroatoms. The van der Waals surface area contributed by atoms with Crippen LogP contribution in [0.5, 0.6) is 0 Å². The molecule has 0 spiro atoms. The first-order valence-electron chi connectivity index (χ1n) is 7.40. The smallest absolute Gasteiger partial charge is 0.329 e. The van der Waals surface area contributed by atoms with Crippen LogP contribution in [-0.4, -0.2) is 15.6 Å². The number of H-pyrrole nitrogens is 1. The monoisotopic (exact) mass is 280 g/mol. The summed E-state index contributed by atoms with van der Waals surface area (Å²) >= 11 is 0. The van der Waals surface area contributed by atoms with Crippen molar-refractivity contribution in [3.8, 4) is 0 Å². The molecule has 0 aliphatic heterocycles. The first kappa shape index (κ1) is 14.7. The standard InChI is InChI=1S/C14H24N4O2/c1-3-10(9-7-5-4-6-8-9)16-11-12(15)18(2)14(20)17-13(11)19/h9-10,16H,3-8,15H2,1-2H3,(H,17,19,20). The lowest BCUT2D eigenvalue weighted by molar-refractivity contribution is 0.313. The number of nitrogens with one attached hydrogen (secondary N) is 2. The number of nitrogens with two attached hydrogens (primary N) is 1. The number of hydrogen-bond acceptors (Lipinski definition) is 4. The molecule has 6 nitrogen and oxygen atoms in total. The van der Waals surface area contributed by atoms with Gasteiger partial charge in [0, 0.05) is 13.1 Å². The highest BCUT2D eigenvalue weighted by molar-refractivity contribution is 5.60. The highest BCUT2D eigenvalue weighted by Gasteiger charge is 2.24. The van der Waals surface area contributed by atoms with Gasteiger partial charge in [-0.1, -0.05) is 26.2 Å². The first-order valence-corrected chi connectivity index (χ1v) is 7.40. The summed E-state index contributed by atoms with van der Waals surface area (Å²) in [5.41, 5.74) is 5.31. The zero-order valence-corrected chi connectivity index (χ0v) is 12.2. The van der Waals surface area contributed by atoms with Crippen molar-refractivity contribution in [2.75, 3.05) is 11.1 Å². The fourth-order valence-electron chi connectivity index (χ4n) is 3.05. The van der Waals surface area contributed by atoms with Crippen LogP contribution in [0.3, 0.4) is 0 Å². The normalized spacial score (nSPS) is 17.9. The lowest BCUT2D eigenvalue weighted by Gasteiger charge is -2.31. The molecule has 0 bridgehead atoms. The quantitative estimate of drug-likeness (QED) is 0.777. The fourth-order valence-corrected chi connectivity index (χ4v) is 3.05. The van der Waals surface area contributed by atoms with E-state index in [1.165, 1.54) is 36.7 Å². The molecule has 0 saturated heterocycles. The van der Waals surface area contributed by atoms with Gasteiger partial charge in [0.25, 0.3) is 5.56 Å². The van der Waals surface area contributed by atoms with Gasteiger partial charge in [0.05, 0.1) is 0 Å². The van der Waals surface area contributed by atoms with Crippen molar-refractivity contribution in [2.45, 2.75) is 51.5 Å². The highest BCUT2D eigenvalue weighted by atomic mass is 16.2. The summed E-state index contributed by atoms with van der Waals surface area (Å²) in [7, 11) is 1.56. The molecule has 1 saturated carbocycles. The Balaban J connectivity index is 2.25. The Morgan fingerprint density at radius 3 is 2.60 bits per heavy atom. The highest BCUT2D eigenvalue weighted by Crippen LogP contribution is 2.29. The zero-order chi connectivity index (χ0) is 14.7. The summed E-state index contributed by atoms with van der Waals surface area (Å²) in [6.45, 7) is 2.11. The molecular formula is C14H24N4O2. The van der Waals surface area contributed by atoms with Crippen LogP contribution >= 0.6 is 0 Å². The lowest BCUT2D eigenvalue weighted by atomic mass is 9.83. The predicted octanol–water partition coefficient (Wildman–Crippen LogP) is 1.43. The largest absolute Gasteiger partial charge is 0.383 e. The Hall–Kier alpha value is -1.72. The second kappa shape index (κ2) is 6.15. The number of aromatic amines is 1. The third kappa shape index (κ3) is 2.89. The van der Waals surface area contributed by atoms with Gasteiger partial charge in [-0.15, -0.1) is 0 Å². The number of hydrogen-bond donors (Lipinski definition) is 3. The molecule has 20 heavy (non-hydrogen) atoms. The Morgan fingerprint density at radius 2 is 2.00 bits per heavy atom. The van der Waals surface area contributed by atoms with Crippen LogP contribution in [0, 0.1) is 5.92 Å². The van der Waals surface area contributed by atoms with E-state index >= 15 is 0 Å². The van der Waals surface area contributed by atoms with Crippen molar-refractivity contribution < 1.29 is 0 Å². The summed E-state index contributed by atoms with van der Waals surface area (Å²) in [4.78, 5) is 25.7. The molecule has 0 aromatic carbocycles. The molecule has 1 aromatic rings. The van der Waals surface area contributed by atoms with E-state index in [9.17, 15) is 9.59 Å². The van der Waals surface area contributed by atoms with Crippen molar-refractivity contribution in [2.24, 2.45) is 13.0 Å². The van der Waals surface area contributed by atoms with Gasteiger partial charge in [0.2, 0.25) is 0 Å². The van der Waals surface area contributed by atoms with E-state index in [-0.39, 0.29) is 11.9 Å². The number of aromatic nitrogens is 2. The van der Waals surface area contributed by atoms with E-state index in [1.807, 2.05) is 0 Å². The van der Waals surface area contributed by atoms with Gasteiger partial charge in [-0.05, 0) is 25.2 Å². The molecular weight excluding hydrogens is 256 g/mol. The predicted molar refractivity (Wildman–Crippen MR) is 81.0 cm³/mol. The van der Waals surface area contributed by atoms with Gasteiger partial charge >= 0.3 is 5.69 Å². The molecule has 1 aliphatic rings. The maximum atomic E-state index is 11.9. The summed E-state index contributed by atoms with van der Waals surface area (Å²) in [5, 5.41) is 3.27. The van der Waals surface area contributed by atoms with Crippen LogP contribution in [0.4, 0.5) is 11.5 Å². The molecule has 112 valence electrons. The topological polar surface area (TPSA) is 92.9 Å². The van der Waals surface area contributed by atoms with Crippen molar-refractivity contribution in [3.05, 3.63) is 20.8 Å². The average Bonchev–Trinajstić information content (AvgIpc) is 2.46. The molecule has 1 aliphatic carbocycles. The SMILES string of the molecule is CCC(Nc1c(N)n(C)c(=O)[nH]c1=O)C1CCCCC1. The maximum Gasteiger partial charge on any atom is 0.329 e. The summed E-state index contributed by atoms with van der Waals surface area (Å²) in [6.07, 6.45) is 7.12. The van der Waals surface area contributed by atoms with Crippen LogP contribution in [0.2, 0.25) is 0 Å². The summed E-state index contributed by atoms with van der Waals surface area (Å²) < 4.78 is 1.26. The van der Waals surface area contributed by atoms with Gasteiger partial charge < -0.3 is 11.1 Å². The third-order valence-electron chi connectivity index (χ3n) is 4.36. The van der Waals surface area contributed by atoms with Gasteiger partial charge in [-0.25, -0.2) is 4.79 Å². The zero-order valence-electron chi connectivity index (χ0n) is 12.2. The first-order chi connectivity index (χ1) is 9.54. The van der Waals surface area contributed by atoms with Crippen LogP contribution < -0.4 is 22.3 Å². The molecule has 4 N–H and O–H groups in total. The second-order valence-corrected chi connectivity index (χ2v) is 5.64. The van der Waals surface area contributed by atoms with E-state index in [4.69, 9.17) is 5.73 Å². The molecule has 0 amide bonds. The van der Waals surface area contributed by atoms with E-state index < -0.39 is 11.2 Å². The molecule has 1 atom stereocenters. The summed E-state index contributed by atoms with van der Waals surface area (Å²) in [6, 6.07) is 0.233. The van der Waals surface area contributed by atoms with Crippen LogP contribution in [-0.2, 0) is 7.05 Å². The minimum atomic E-state index is -0.483. The molecule has 1 unspecified atom stereocenters. The molecule has 1 aromatic heterocycles. The van der Waals surface area contributed by atoms with Crippen molar-refractivity contribution in [1.82, 2.24) is 9.55 Å². The number of nitrogen functional groups attached to an aromatic ring is 1. The minimum absolute atomic E-state index is 0.202. The Labute approximate surface area is 118 Å². The Morgan fingerprint density at radius 1 is 1.35 bits per heavy atom.